The van der Waals surface area contributed by atoms with Gasteiger partial charge in [0.05, 0.1) is 26.0 Å². The van der Waals surface area contributed by atoms with E-state index in [1.54, 1.807) is 47.4 Å². The summed E-state index contributed by atoms with van der Waals surface area (Å²) in [7, 11) is 1.51. The van der Waals surface area contributed by atoms with E-state index in [9.17, 15) is 9.59 Å². The zero-order valence-corrected chi connectivity index (χ0v) is 15.8. The molecule has 1 saturated heterocycles. The van der Waals surface area contributed by atoms with Crippen molar-refractivity contribution in [1.29, 1.82) is 0 Å². The Morgan fingerprint density at radius 1 is 1.11 bits per heavy atom. The van der Waals surface area contributed by atoms with Crippen molar-refractivity contribution in [3.05, 3.63) is 53.6 Å². The molecule has 144 valence electrons. The molecular weight excluding hydrogens is 370 g/mol. The van der Waals surface area contributed by atoms with Crippen molar-refractivity contribution in [1.82, 2.24) is 4.90 Å². The molecule has 2 amide bonds. The first kappa shape index (κ1) is 20.5. The molecule has 0 bridgehead atoms. The van der Waals surface area contributed by atoms with Crippen LogP contribution in [0.15, 0.2) is 42.5 Å². The van der Waals surface area contributed by atoms with Crippen molar-refractivity contribution in [3.63, 3.8) is 0 Å². The third-order valence-electron chi connectivity index (χ3n) is 4.14. The van der Waals surface area contributed by atoms with Gasteiger partial charge in [0, 0.05) is 29.9 Å². The van der Waals surface area contributed by atoms with Crippen LogP contribution in [0, 0.1) is 0 Å². The van der Waals surface area contributed by atoms with Crippen molar-refractivity contribution in [2.75, 3.05) is 44.5 Å². The van der Waals surface area contributed by atoms with Gasteiger partial charge in [0.2, 0.25) is 0 Å². The molecule has 0 atom stereocenters. The Morgan fingerprint density at radius 3 is 2.52 bits per heavy atom. The fourth-order valence-electron chi connectivity index (χ4n) is 2.76. The molecule has 7 nitrogen and oxygen atoms in total. The number of ether oxygens (including phenoxy) is 2. The van der Waals surface area contributed by atoms with Crippen LogP contribution in [-0.4, -0.2) is 50.1 Å². The largest absolute Gasteiger partial charge is 0.495 e. The van der Waals surface area contributed by atoms with E-state index in [-0.39, 0.29) is 24.2 Å². The van der Waals surface area contributed by atoms with Crippen LogP contribution in [0.5, 0.6) is 5.75 Å². The van der Waals surface area contributed by atoms with Gasteiger partial charge in [0.25, 0.3) is 11.8 Å². The molecular formula is C19H22ClN3O4. The van der Waals surface area contributed by atoms with Crippen molar-refractivity contribution < 1.29 is 19.1 Å². The van der Waals surface area contributed by atoms with Gasteiger partial charge in [0.15, 0.2) is 0 Å². The van der Waals surface area contributed by atoms with E-state index < -0.39 is 0 Å². The van der Waals surface area contributed by atoms with Crippen LogP contribution < -0.4 is 15.8 Å². The zero-order chi connectivity index (χ0) is 18.5. The molecule has 27 heavy (non-hydrogen) atoms. The number of anilines is 2. The van der Waals surface area contributed by atoms with Gasteiger partial charge >= 0.3 is 0 Å². The third kappa shape index (κ3) is 4.90. The Bertz CT molecular complexity index is 822. The summed E-state index contributed by atoms with van der Waals surface area (Å²) in [5, 5.41) is 2.79. The maximum absolute atomic E-state index is 12.7. The summed E-state index contributed by atoms with van der Waals surface area (Å²) < 4.78 is 10.6. The third-order valence-corrected chi connectivity index (χ3v) is 4.14. The van der Waals surface area contributed by atoms with Crippen molar-refractivity contribution >= 4 is 35.6 Å². The lowest BCUT2D eigenvalue weighted by Gasteiger charge is -2.27. The minimum absolute atomic E-state index is 0. The van der Waals surface area contributed by atoms with Gasteiger partial charge < -0.3 is 25.4 Å². The second kappa shape index (κ2) is 9.25. The van der Waals surface area contributed by atoms with E-state index >= 15 is 0 Å². The summed E-state index contributed by atoms with van der Waals surface area (Å²) in [5.41, 5.74) is 7.57. The minimum Gasteiger partial charge on any atom is -0.495 e. The number of nitrogen functional groups attached to an aromatic ring is 1. The lowest BCUT2D eigenvalue weighted by Crippen LogP contribution is -2.40. The number of methoxy groups -OCH3 is 1. The van der Waals surface area contributed by atoms with E-state index in [1.165, 1.54) is 7.11 Å². The fraction of sp³-hybridized carbons (Fsp3) is 0.263. The number of morpholine rings is 1. The molecule has 2 aromatic carbocycles. The molecule has 0 unspecified atom stereocenters. The first-order valence-corrected chi connectivity index (χ1v) is 8.30. The van der Waals surface area contributed by atoms with Gasteiger partial charge in [-0.05, 0) is 36.4 Å². The van der Waals surface area contributed by atoms with Gasteiger partial charge in [-0.3, -0.25) is 9.59 Å². The zero-order valence-electron chi connectivity index (χ0n) is 14.9. The molecule has 0 aliphatic carbocycles. The Kier molecular flexibility index (Phi) is 7.04. The average Bonchev–Trinajstić information content (AvgIpc) is 2.68. The SMILES string of the molecule is COc1ccc(C(=O)N2CCOCC2)cc1NC(=O)c1cccc(N)c1.Cl. The number of rotatable bonds is 4. The molecule has 0 saturated carbocycles. The van der Waals surface area contributed by atoms with E-state index in [0.29, 0.717) is 54.6 Å². The van der Waals surface area contributed by atoms with Crippen LogP contribution in [0.1, 0.15) is 20.7 Å². The standard InChI is InChI=1S/C19H21N3O4.ClH/c1-25-17-6-5-14(19(24)22-7-9-26-10-8-22)12-16(17)21-18(23)13-3-2-4-15(20)11-13;/h2-6,11-12H,7-10,20H2,1H3,(H,21,23);1H. The van der Waals surface area contributed by atoms with Gasteiger partial charge in [-0.2, -0.15) is 0 Å². The van der Waals surface area contributed by atoms with E-state index in [0.717, 1.165) is 0 Å². The first-order valence-electron chi connectivity index (χ1n) is 8.30. The Hall–Kier alpha value is -2.77. The highest BCUT2D eigenvalue weighted by molar-refractivity contribution is 6.06. The Morgan fingerprint density at radius 2 is 1.85 bits per heavy atom. The van der Waals surface area contributed by atoms with E-state index in [2.05, 4.69) is 5.32 Å². The molecule has 1 aliphatic heterocycles. The molecule has 0 radical (unpaired) electrons. The molecule has 3 rings (SSSR count). The summed E-state index contributed by atoms with van der Waals surface area (Å²) >= 11 is 0. The Labute approximate surface area is 163 Å². The van der Waals surface area contributed by atoms with Gasteiger partial charge in [0.1, 0.15) is 5.75 Å². The van der Waals surface area contributed by atoms with Crippen LogP contribution >= 0.6 is 12.4 Å². The number of nitrogens with zero attached hydrogens (tertiary/aromatic N) is 1. The van der Waals surface area contributed by atoms with E-state index in [1.807, 2.05) is 0 Å². The quantitative estimate of drug-likeness (QED) is 0.780. The topological polar surface area (TPSA) is 93.9 Å². The Balaban J connectivity index is 0.00000261. The highest BCUT2D eigenvalue weighted by Gasteiger charge is 2.20. The second-order valence-electron chi connectivity index (χ2n) is 5.90. The lowest BCUT2D eigenvalue weighted by molar-refractivity contribution is 0.0303. The van der Waals surface area contributed by atoms with E-state index in [4.69, 9.17) is 15.2 Å². The number of benzene rings is 2. The summed E-state index contributed by atoms with van der Waals surface area (Å²) in [6.45, 7) is 2.16. The summed E-state index contributed by atoms with van der Waals surface area (Å²) in [6, 6.07) is 11.7. The van der Waals surface area contributed by atoms with Gasteiger partial charge in [-0.1, -0.05) is 6.07 Å². The molecule has 3 N–H and O–H groups in total. The van der Waals surface area contributed by atoms with Crippen LogP contribution in [0.3, 0.4) is 0 Å². The highest BCUT2D eigenvalue weighted by Crippen LogP contribution is 2.27. The predicted octanol–water partition coefficient (Wildman–Crippen LogP) is 2.42. The maximum Gasteiger partial charge on any atom is 0.255 e. The number of carbonyl (C=O) groups is 2. The number of amides is 2. The minimum atomic E-state index is -0.327. The lowest BCUT2D eigenvalue weighted by atomic mass is 10.1. The molecule has 8 heteroatoms. The molecule has 1 heterocycles. The van der Waals surface area contributed by atoms with Gasteiger partial charge in [-0.25, -0.2) is 0 Å². The van der Waals surface area contributed by atoms with Crippen molar-refractivity contribution in [2.24, 2.45) is 0 Å². The number of hydrogen-bond donors (Lipinski definition) is 2. The number of halogens is 1. The second-order valence-corrected chi connectivity index (χ2v) is 5.90. The summed E-state index contributed by atoms with van der Waals surface area (Å²) in [5.74, 6) is 0.0442. The normalized spacial score (nSPS) is 13.4. The van der Waals surface area contributed by atoms with Crippen LogP contribution in [0.4, 0.5) is 11.4 Å². The highest BCUT2D eigenvalue weighted by atomic mass is 35.5. The molecule has 1 fully saturated rings. The first-order chi connectivity index (χ1) is 12.6. The van der Waals surface area contributed by atoms with Gasteiger partial charge in [-0.15, -0.1) is 12.4 Å². The van der Waals surface area contributed by atoms with Crippen molar-refractivity contribution in [2.45, 2.75) is 0 Å². The number of carbonyl (C=O) groups excluding carboxylic acids is 2. The van der Waals surface area contributed by atoms with Crippen molar-refractivity contribution in [3.8, 4) is 5.75 Å². The molecule has 2 aromatic rings. The monoisotopic (exact) mass is 391 g/mol. The fourth-order valence-corrected chi connectivity index (χ4v) is 2.76. The van der Waals surface area contributed by atoms with Crippen LogP contribution in [0.2, 0.25) is 0 Å². The number of nitrogens with two attached hydrogens (primary N) is 1. The molecule has 0 spiro atoms. The molecule has 1 aliphatic rings. The summed E-state index contributed by atoms with van der Waals surface area (Å²) in [6.07, 6.45) is 0. The number of nitrogens with one attached hydrogen (secondary N) is 1. The molecule has 0 aromatic heterocycles. The maximum atomic E-state index is 12.7. The van der Waals surface area contributed by atoms with Crippen LogP contribution in [0.25, 0.3) is 0 Å². The summed E-state index contributed by atoms with van der Waals surface area (Å²) in [4.78, 5) is 26.9. The smallest absolute Gasteiger partial charge is 0.255 e. The predicted molar refractivity (Wildman–Crippen MR) is 106 cm³/mol. The average molecular weight is 392 g/mol. The van der Waals surface area contributed by atoms with Crippen LogP contribution in [-0.2, 0) is 4.74 Å². The number of hydrogen-bond acceptors (Lipinski definition) is 5.